The van der Waals surface area contributed by atoms with Crippen molar-refractivity contribution in [3.63, 3.8) is 0 Å². The summed E-state index contributed by atoms with van der Waals surface area (Å²) in [5.74, 6) is -3.97. The van der Waals surface area contributed by atoms with Crippen LogP contribution in [0.4, 0.5) is 14.5 Å². The number of hydrogen-bond acceptors (Lipinski definition) is 6. The number of hydrogen-bond donors (Lipinski definition) is 4. The Bertz CT molecular complexity index is 1670. The number of aliphatic hydroxyl groups excluding tert-OH is 1. The number of benzene rings is 3. The van der Waals surface area contributed by atoms with Crippen LogP contribution < -0.4 is 11.5 Å². The summed E-state index contributed by atoms with van der Waals surface area (Å²) in [5.41, 5.74) is 11.5. The predicted molar refractivity (Wildman–Crippen MR) is 132 cm³/mol. The van der Waals surface area contributed by atoms with Crippen LogP contribution in [0.2, 0.25) is 0 Å². The fourth-order valence-corrected chi connectivity index (χ4v) is 4.50. The van der Waals surface area contributed by atoms with E-state index in [9.17, 15) is 27.1 Å². The summed E-state index contributed by atoms with van der Waals surface area (Å²) in [6, 6.07) is 11.9. The highest BCUT2D eigenvalue weighted by molar-refractivity contribution is 7.90. The molecule has 36 heavy (non-hydrogen) atoms. The molecule has 0 aliphatic rings. The van der Waals surface area contributed by atoms with E-state index < -0.39 is 38.8 Å². The number of anilines is 1. The van der Waals surface area contributed by atoms with E-state index in [1.165, 1.54) is 25.1 Å². The van der Waals surface area contributed by atoms with Gasteiger partial charge in [-0.2, -0.15) is 8.42 Å². The molecule has 0 fully saturated rings. The van der Waals surface area contributed by atoms with Gasteiger partial charge in [0.25, 0.3) is 10.0 Å². The van der Waals surface area contributed by atoms with Crippen LogP contribution in [-0.2, 0) is 10.0 Å². The minimum atomic E-state index is -4.22. The molecule has 9 nitrogen and oxygen atoms in total. The number of halogens is 2. The number of nitrogen functional groups attached to an aromatic ring is 1. The van der Waals surface area contributed by atoms with Crippen LogP contribution >= 0.6 is 0 Å². The van der Waals surface area contributed by atoms with Gasteiger partial charge in [0.05, 0.1) is 15.9 Å². The van der Waals surface area contributed by atoms with Gasteiger partial charge in [-0.15, -0.1) is 4.40 Å². The van der Waals surface area contributed by atoms with Crippen LogP contribution in [0.25, 0.3) is 22.4 Å². The number of aromatic amines is 1. The number of rotatable bonds is 6. The number of H-pyrrole nitrogens is 1. The lowest BCUT2D eigenvalue weighted by molar-refractivity contribution is 0.105. The van der Waals surface area contributed by atoms with Crippen LogP contribution in [-0.4, -0.2) is 35.1 Å². The number of carbonyl (C=O) groups excluding carboxylic acids is 1. The van der Waals surface area contributed by atoms with Gasteiger partial charge in [0.1, 0.15) is 34.6 Å². The van der Waals surface area contributed by atoms with Crippen LogP contribution in [0, 0.1) is 11.6 Å². The molecule has 0 bridgehead atoms. The molecule has 0 aliphatic carbocycles. The van der Waals surface area contributed by atoms with Gasteiger partial charge in [0.2, 0.25) is 5.78 Å². The first-order chi connectivity index (χ1) is 16.9. The van der Waals surface area contributed by atoms with Crippen LogP contribution in [0.15, 0.2) is 70.0 Å². The highest BCUT2D eigenvalue weighted by atomic mass is 32.2. The Morgan fingerprint density at radius 2 is 1.72 bits per heavy atom. The molecule has 0 amide bonds. The number of nitrogens with two attached hydrogens (primary N) is 2. The number of sulfonamides is 1. The number of aliphatic hydroxyl groups is 1. The number of nitrogens with one attached hydrogen (secondary N) is 1. The summed E-state index contributed by atoms with van der Waals surface area (Å²) in [6.45, 7) is 1.29. The Labute approximate surface area is 203 Å². The Balaban J connectivity index is 1.94. The maximum absolute atomic E-state index is 13.9. The van der Waals surface area contributed by atoms with Crippen molar-refractivity contribution in [2.45, 2.75) is 11.8 Å². The second-order valence-corrected chi connectivity index (χ2v) is 9.41. The van der Waals surface area contributed by atoms with Crippen molar-refractivity contribution in [1.29, 1.82) is 0 Å². The number of allylic oxidation sites excluding steroid dienone is 1. The second-order valence-electron chi connectivity index (χ2n) is 7.81. The van der Waals surface area contributed by atoms with E-state index in [-0.39, 0.29) is 27.7 Å². The van der Waals surface area contributed by atoms with Gasteiger partial charge in [-0.25, -0.2) is 13.8 Å². The molecule has 0 unspecified atom stereocenters. The largest absolute Gasteiger partial charge is 0.506 e. The first-order valence-electron chi connectivity index (χ1n) is 10.3. The molecule has 0 aliphatic heterocycles. The summed E-state index contributed by atoms with van der Waals surface area (Å²) in [4.78, 5) is 20.5. The van der Waals surface area contributed by atoms with Crippen molar-refractivity contribution >= 4 is 49.7 Å². The summed E-state index contributed by atoms with van der Waals surface area (Å²) in [5, 5.41) is 11.0. The standard InChI is InChI=1S/C24H19F2N5O4S/c1-12(27)31-36(34,35)18-4-2-3-13(9-18)22(32)21(23(33)14-7-15(25)10-16(26)8-14)24-29-19-6-5-17(28)11-20(19)30-24/h2-11,33H,28H2,1H3,(H2,27,31)(H,29,30). The molecule has 3 aromatic carbocycles. The van der Waals surface area contributed by atoms with Gasteiger partial charge >= 0.3 is 0 Å². The molecule has 0 spiro atoms. The SMILES string of the molecule is CC(N)=NS(=O)(=O)c1cccc(C(=O)C(=C(O)c2cc(F)cc(F)c2)c2nc3ccc(N)cc3[nH]2)c1. The summed E-state index contributed by atoms with van der Waals surface area (Å²) in [7, 11) is -4.22. The zero-order valence-corrected chi connectivity index (χ0v) is 19.5. The fourth-order valence-electron chi connectivity index (χ4n) is 3.49. The molecule has 6 N–H and O–H groups in total. The van der Waals surface area contributed by atoms with Crippen LogP contribution in [0.5, 0.6) is 0 Å². The van der Waals surface area contributed by atoms with Crippen molar-refractivity contribution in [2.75, 3.05) is 5.73 Å². The molecule has 0 atom stereocenters. The van der Waals surface area contributed by atoms with E-state index >= 15 is 0 Å². The summed E-state index contributed by atoms with van der Waals surface area (Å²) < 4.78 is 56.2. The zero-order valence-electron chi connectivity index (χ0n) is 18.7. The predicted octanol–water partition coefficient (Wildman–Crippen LogP) is 3.80. The van der Waals surface area contributed by atoms with Gasteiger partial charge in [-0.1, -0.05) is 12.1 Å². The number of amidine groups is 1. The average Bonchev–Trinajstić information content (AvgIpc) is 3.20. The van der Waals surface area contributed by atoms with Crippen molar-refractivity contribution in [3.8, 4) is 0 Å². The number of nitrogens with zero attached hydrogens (tertiary/aromatic N) is 2. The molecule has 4 aromatic rings. The van der Waals surface area contributed by atoms with Crippen LogP contribution in [0.3, 0.4) is 0 Å². The molecule has 4 rings (SSSR count). The summed E-state index contributed by atoms with van der Waals surface area (Å²) >= 11 is 0. The minimum absolute atomic E-state index is 0.133. The van der Waals surface area contributed by atoms with Gasteiger partial charge in [0, 0.05) is 22.9 Å². The van der Waals surface area contributed by atoms with E-state index in [0.29, 0.717) is 22.8 Å². The average molecular weight is 512 g/mol. The van der Waals surface area contributed by atoms with E-state index in [1.807, 2.05) is 0 Å². The number of ketones is 1. The fraction of sp³-hybridized carbons (Fsp3) is 0.0417. The van der Waals surface area contributed by atoms with Crippen molar-refractivity contribution in [1.82, 2.24) is 9.97 Å². The first-order valence-corrected chi connectivity index (χ1v) is 11.8. The summed E-state index contributed by atoms with van der Waals surface area (Å²) in [6.07, 6.45) is 0. The normalized spacial score (nSPS) is 13.0. The highest BCUT2D eigenvalue weighted by Crippen LogP contribution is 2.30. The number of fused-ring (bicyclic) bond motifs is 1. The maximum atomic E-state index is 13.9. The third kappa shape index (κ3) is 4.93. The Kier molecular flexibility index (Phi) is 6.29. The van der Waals surface area contributed by atoms with Crippen molar-refractivity contribution < 1.29 is 27.1 Å². The minimum Gasteiger partial charge on any atom is -0.506 e. The van der Waals surface area contributed by atoms with Gasteiger partial charge in [-0.3, -0.25) is 4.79 Å². The lowest BCUT2D eigenvalue weighted by Crippen LogP contribution is -2.11. The van der Waals surface area contributed by atoms with E-state index in [2.05, 4.69) is 14.4 Å². The second kappa shape index (κ2) is 9.23. The maximum Gasteiger partial charge on any atom is 0.283 e. The molecule has 0 saturated heterocycles. The van der Waals surface area contributed by atoms with Gasteiger partial charge in [0.15, 0.2) is 0 Å². The lowest BCUT2D eigenvalue weighted by Gasteiger charge is -2.10. The Morgan fingerprint density at radius 3 is 2.39 bits per heavy atom. The van der Waals surface area contributed by atoms with E-state index in [0.717, 1.165) is 18.2 Å². The van der Waals surface area contributed by atoms with Crippen molar-refractivity contribution in [3.05, 3.63) is 89.2 Å². The molecule has 0 radical (unpaired) electrons. The van der Waals surface area contributed by atoms with Gasteiger partial charge < -0.3 is 21.6 Å². The molecule has 1 heterocycles. The molecule has 0 saturated carbocycles. The van der Waals surface area contributed by atoms with Gasteiger partial charge in [-0.05, 0) is 49.4 Å². The number of Topliss-reactive ketones (excluding diaryl/α,β-unsaturated/α-hetero) is 1. The molecular weight excluding hydrogens is 492 g/mol. The monoisotopic (exact) mass is 511 g/mol. The molecular formula is C24H19F2N5O4S. The lowest BCUT2D eigenvalue weighted by atomic mass is 9.98. The smallest absolute Gasteiger partial charge is 0.283 e. The molecule has 1 aromatic heterocycles. The molecule has 184 valence electrons. The number of carbonyl (C=O) groups is 1. The number of imidazole rings is 1. The first kappa shape index (κ1) is 24.5. The topological polar surface area (TPSA) is 165 Å². The zero-order chi connectivity index (χ0) is 26.2. The Morgan fingerprint density at radius 1 is 1.03 bits per heavy atom. The Hall–Kier alpha value is -4.58. The van der Waals surface area contributed by atoms with E-state index in [4.69, 9.17) is 11.5 Å². The molecule has 12 heteroatoms. The van der Waals surface area contributed by atoms with Crippen molar-refractivity contribution in [2.24, 2.45) is 10.1 Å². The van der Waals surface area contributed by atoms with E-state index in [1.54, 1.807) is 18.2 Å². The highest BCUT2D eigenvalue weighted by Gasteiger charge is 2.26. The number of aromatic nitrogens is 2. The third-order valence-electron chi connectivity index (χ3n) is 5.00. The quantitative estimate of drug-likeness (QED) is 0.0763. The third-order valence-corrected chi connectivity index (χ3v) is 6.38. The van der Waals surface area contributed by atoms with Crippen LogP contribution in [0.1, 0.15) is 28.7 Å².